The van der Waals surface area contributed by atoms with Crippen LogP contribution >= 0.6 is 0 Å². The highest BCUT2D eigenvalue weighted by Gasteiger charge is 2.20. The standard InChI is InChI=1S/C21H19FN2O3/c1-12-19(14(3)25)13(2)23-20(12)21(26)24-17-9-4-5-10-18(17)27-16-8-6-7-15(22)11-16/h4-11,23H,1-3H3,(H,24,26). The lowest BCUT2D eigenvalue weighted by atomic mass is 10.1. The van der Waals surface area contributed by atoms with E-state index in [9.17, 15) is 14.0 Å². The number of aryl methyl sites for hydroxylation is 1. The van der Waals surface area contributed by atoms with Crippen molar-refractivity contribution in [2.24, 2.45) is 0 Å². The number of ketones is 1. The van der Waals surface area contributed by atoms with Gasteiger partial charge in [-0.1, -0.05) is 18.2 Å². The number of rotatable bonds is 5. The first kappa shape index (κ1) is 18.4. The third-order valence-electron chi connectivity index (χ3n) is 4.18. The van der Waals surface area contributed by atoms with Crippen LogP contribution < -0.4 is 10.1 Å². The summed E-state index contributed by atoms with van der Waals surface area (Å²) in [6.45, 7) is 4.94. The molecule has 0 atom stereocenters. The van der Waals surface area contributed by atoms with Crippen molar-refractivity contribution in [3.05, 3.63) is 76.9 Å². The fourth-order valence-corrected chi connectivity index (χ4v) is 3.01. The minimum Gasteiger partial charge on any atom is -0.455 e. The topological polar surface area (TPSA) is 71.2 Å². The lowest BCUT2D eigenvalue weighted by Gasteiger charge is -2.12. The highest BCUT2D eigenvalue weighted by Crippen LogP contribution is 2.30. The smallest absolute Gasteiger partial charge is 0.272 e. The number of halogens is 1. The molecule has 0 saturated carbocycles. The van der Waals surface area contributed by atoms with E-state index in [1.165, 1.54) is 19.1 Å². The molecule has 5 nitrogen and oxygen atoms in total. The predicted molar refractivity (Wildman–Crippen MR) is 101 cm³/mol. The molecule has 0 radical (unpaired) electrons. The fraction of sp³-hybridized carbons (Fsp3) is 0.143. The van der Waals surface area contributed by atoms with Crippen molar-refractivity contribution >= 4 is 17.4 Å². The normalized spacial score (nSPS) is 10.5. The van der Waals surface area contributed by atoms with E-state index in [1.807, 2.05) is 0 Å². The Morgan fingerprint density at radius 2 is 1.81 bits per heavy atom. The zero-order valence-corrected chi connectivity index (χ0v) is 15.2. The van der Waals surface area contributed by atoms with E-state index in [2.05, 4.69) is 10.3 Å². The Balaban J connectivity index is 1.87. The van der Waals surface area contributed by atoms with Gasteiger partial charge in [-0.15, -0.1) is 0 Å². The maximum Gasteiger partial charge on any atom is 0.272 e. The van der Waals surface area contributed by atoms with E-state index in [0.29, 0.717) is 39.7 Å². The first-order chi connectivity index (χ1) is 12.9. The highest BCUT2D eigenvalue weighted by atomic mass is 19.1. The molecule has 3 aromatic rings. The van der Waals surface area contributed by atoms with Gasteiger partial charge in [0.1, 0.15) is 17.3 Å². The van der Waals surface area contributed by atoms with Gasteiger partial charge in [0.05, 0.1) is 5.69 Å². The Labute approximate surface area is 156 Å². The van der Waals surface area contributed by atoms with Crippen molar-refractivity contribution < 1.29 is 18.7 Å². The summed E-state index contributed by atoms with van der Waals surface area (Å²) in [5.41, 5.74) is 2.51. The minimum atomic E-state index is -0.414. The number of carbonyl (C=O) groups excluding carboxylic acids is 2. The van der Waals surface area contributed by atoms with Crippen LogP contribution in [0.2, 0.25) is 0 Å². The Morgan fingerprint density at radius 1 is 1.07 bits per heavy atom. The number of ether oxygens (including phenoxy) is 1. The predicted octanol–water partition coefficient (Wildman–Crippen LogP) is 5.02. The van der Waals surface area contributed by atoms with E-state index in [1.54, 1.807) is 50.2 Å². The number of anilines is 1. The average Bonchev–Trinajstić information content (AvgIpc) is 2.91. The minimum absolute atomic E-state index is 0.102. The molecule has 1 heterocycles. The van der Waals surface area contributed by atoms with Crippen LogP contribution in [0.25, 0.3) is 0 Å². The Hall–Kier alpha value is -3.41. The second kappa shape index (κ2) is 7.45. The molecule has 27 heavy (non-hydrogen) atoms. The zero-order valence-electron chi connectivity index (χ0n) is 15.2. The molecule has 3 rings (SSSR count). The summed E-state index contributed by atoms with van der Waals surface area (Å²) >= 11 is 0. The van der Waals surface area contributed by atoms with E-state index < -0.39 is 11.7 Å². The van der Waals surface area contributed by atoms with Gasteiger partial charge in [-0.3, -0.25) is 9.59 Å². The lowest BCUT2D eigenvalue weighted by molar-refractivity contribution is 0.101. The van der Waals surface area contributed by atoms with E-state index in [0.717, 1.165) is 0 Å². The molecule has 0 aliphatic rings. The van der Waals surface area contributed by atoms with Crippen LogP contribution in [-0.4, -0.2) is 16.7 Å². The second-order valence-electron chi connectivity index (χ2n) is 6.19. The Morgan fingerprint density at radius 3 is 2.48 bits per heavy atom. The summed E-state index contributed by atoms with van der Waals surface area (Å²) in [7, 11) is 0. The van der Waals surface area contributed by atoms with Gasteiger partial charge in [-0.25, -0.2) is 4.39 Å². The Kier molecular flexibility index (Phi) is 5.07. The molecule has 2 N–H and O–H groups in total. The number of benzene rings is 2. The molecular formula is C21H19FN2O3. The van der Waals surface area contributed by atoms with Gasteiger partial charge in [0.2, 0.25) is 0 Å². The van der Waals surface area contributed by atoms with Gasteiger partial charge in [-0.05, 0) is 50.6 Å². The van der Waals surface area contributed by atoms with Gasteiger partial charge in [-0.2, -0.15) is 0 Å². The highest BCUT2D eigenvalue weighted by molar-refractivity contribution is 6.08. The maximum absolute atomic E-state index is 13.4. The summed E-state index contributed by atoms with van der Waals surface area (Å²) in [4.78, 5) is 27.4. The van der Waals surface area contributed by atoms with Gasteiger partial charge in [0, 0.05) is 17.3 Å². The molecule has 0 saturated heterocycles. The molecule has 2 aromatic carbocycles. The van der Waals surface area contributed by atoms with Crippen LogP contribution in [-0.2, 0) is 0 Å². The van der Waals surface area contributed by atoms with Crippen LogP contribution in [0, 0.1) is 19.7 Å². The Bertz CT molecular complexity index is 1020. The quantitative estimate of drug-likeness (QED) is 0.623. The van der Waals surface area contributed by atoms with Crippen LogP contribution in [0.3, 0.4) is 0 Å². The fourth-order valence-electron chi connectivity index (χ4n) is 3.01. The van der Waals surface area contributed by atoms with Crippen molar-refractivity contribution in [2.75, 3.05) is 5.32 Å². The molecule has 0 fully saturated rings. The largest absolute Gasteiger partial charge is 0.455 e. The monoisotopic (exact) mass is 366 g/mol. The number of aromatic amines is 1. The molecule has 0 aliphatic heterocycles. The van der Waals surface area contributed by atoms with E-state index in [-0.39, 0.29) is 5.78 Å². The van der Waals surface area contributed by atoms with Crippen molar-refractivity contribution in [1.82, 2.24) is 4.98 Å². The van der Waals surface area contributed by atoms with Gasteiger partial charge < -0.3 is 15.0 Å². The average molecular weight is 366 g/mol. The van der Waals surface area contributed by atoms with Gasteiger partial charge in [0.15, 0.2) is 11.5 Å². The van der Waals surface area contributed by atoms with Crippen molar-refractivity contribution in [3.63, 3.8) is 0 Å². The third-order valence-corrected chi connectivity index (χ3v) is 4.18. The number of amides is 1. The number of hydrogen-bond acceptors (Lipinski definition) is 3. The maximum atomic E-state index is 13.4. The number of Topliss-reactive ketones (excluding diaryl/α,β-unsaturated/α-hetero) is 1. The first-order valence-corrected chi connectivity index (χ1v) is 8.40. The first-order valence-electron chi connectivity index (χ1n) is 8.40. The van der Waals surface area contributed by atoms with E-state index >= 15 is 0 Å². The molecule has 0 unspecified atom stereocenters. The molecule has 1 aromatic heterocycles. The molecule has 138 valence electrons. The summed E-state index contributed by atoms with van der Waals surface area (Å²) < 4.78 is 19.1. The van der Waals surface area contributed by atoms with Crippen LogP contribution in [0.5, 0.6) is 11.5 Å². The number of hydrogen-bond donors (Lipinski definition) is 2. The van der Waals surface area contributed by atoms with Gasteiger partial charge >= 0.3 is 0 Å². The number of nitrogens with one attached hydrogen (secondary N) is 2. The molecular weight excluding hydrogens is 347 g/mol. The molecule has 6 heteroatoms. The second-order valence-corrected chi connectivity index (χ2v) is 6.19. The van der Waals surface area contributed by atoms with Gasteiger partial charge in [0.25, 0.3) is 5.91 Å². The number of aromatic nitrogens is 1. The molecule has 1 amide bonds. The van der Waals surface area contributed by atoms with Crippen molar-refractivity contribution in [2.45, 2.75) is 20.8 Å². The molecule has 0 aliphatic carbocycles. The number of para-hydroxylation sites is 2. The molecule has 0 spiro atoms. The summed E-state index contributed by atoms with van der Waals surface area (Å²) in [6.07, 6.45) is 0. The number of carbonyl (C=O) groups is 2. The lowest BCUT2D eigenvalue weighted by Crippen LogP contribution is -2.14. The SMILES string of the molecule is CC(=O)c1c(C)[nH]c(C(=O)Nc2ccccc2Oc2cccc(F)c2)c1C. The van der Waals surface area contributed by atoms with Crippen LogP contribution in [0.15, 0.2) is 48.5 Å². The summed E-state index contributed by atoms with van der Waals surface area (Å²) in [5.74, 6) is -0.205. The molecule has 0 bridgehead atoms. The van der Waals surface area contributed by atoms with Crippen LogP contribution in [0.4, 0.5) is 10.1 Å². The van der Waals surface area contributed by atoms with E-state index in [4.69, 9.17) is 4.74 Å². The third kappa shape index (κ3) is 3.89. The van der Waals surface area contributed by atoms with Crippen molar-refractivity contribution in [3.8, 4) is 11.5 Å². The zero-order chi connectivity index (χ0) is 19.6. The van der Waals surface area contributed by atoms with Crippen molar-refractivity contribution in [1.29, 1.82) is 0 Å². The summed E-state index contributed by atoms with van der Waals surface area (Å²) in [6, 6.07) is 12.6. The van der Waals surface area contributed by atoms with Crippen LogP contribution in [0.1, 0.15) is 39.0 Å². The number of H-pyrrole nitrogens is 1. The summed E-state index contributed by atoms with van der Waals surface area (Å²) in [5, 5.41) is 2.78.